The Morgan fingerprint density at radius 2 is 1.94 bits per heavy atom. The molecule has 0 unspecified atom stereocenters. The molecule has 1 aromatic carbocycles. The monoisotopic (exact) mass is 223 g/mol. The fourth-order valence-electron chi connectivity index (χ4n) is 1.61. The summed E-state index contributed by atoms with van der Waals surface area (Å²) in [5.41, 5.74) is 3.59. The Balaban J connectivity index is 2.35. The summed E-state index contributed by atoms with van der Waals surface area (Å²) in [5, 5.41) is 9.07. The summed E-state index contributed by atoms with van der Waals surface area (Å²) in [4.78, 5) is 7.44. The Labute approximate surface area is 100 Å². The number of aromatic nitrogens is 1. The van der Waals surface area contributed by atoms with Crippen molar-refractivity contribution in [3.63, 3.8) is 0 Å². The van der Waals surface area contributed by atoms with Crippen molar-refractivity contribution in [1.29, 1.82) is 5.26 Å². The third-order valence-corrected chi connectivity index (χ3v) is 2.73. The Kier molecular flexibility index (Phi) is 3.06. The lowest BCUT2D eigenvalue weighted by molar-refractivity contribution is 1.22. The van der Waals surface area contributed by atoms with E-state index in [-0.39, 0.29) is 0 Å². The van der Waals surface area contributed by atoms with Crippen LogP contribution in [0.1, 0.15) is 22.4 Å². The molecule has 1 aromatic heterocycles. The van der Waals surface area contributed by atoms with E-state index in [0.717, 1.165) is 16.8 Å². The molecule has 2 aromatic rings. The largest absolute Gasteiger partial charge is 0.343 e. The summed E-state index contributed by atoms with van der Waals surface area (Å²) in [6.45, 7) is 3.86. The van der Waals surface area contributed by atoms with Gasteiger partial charge in [0.05, 0.1) is 5.56 Å². The normalized spacial score (nSPS) is 10.6. The van der Waals surface area contributed by atoms with Crippen molar-refractivity contribution >= 4 is 12.0 Å². The summed E-state index contributed by atoms with van der Waals surface area (Å²) in [7, 11) is 0. The fraction of sp³-hybridized carbons (Fsp3) is 0.143. The van der Waals surface area contributed by atoms with Crippen LogP contribution >= 0.6 is 0 Å². The Morgan fingerprint density at radius 1 is 1.24 bits per heavy atom. The molecule has 2 rings (SSSR count). The van der Waals surface area contributed by atoms with Gasteiger partial charge < -0.3 is 4.98 Å². The SMILES string of the molecule is Cc1[nH]c(/N=C/c2ccccc2)c(C#N)c1C. The van der Waals surface area contributed by atoms with E-state index in [2.05, 4.69) is 16.0 Å². The van der Waals surface area contributed by atoms with Gasteiger partial charge in [-0.3, -0.25) is 0 Å². The number of aryl methyl sites for hydroxylation is 1. The standard InChI is InChI=1S/C14H13N3/c1-10-11(2)17-14(13(10)8-15)16-9-12-6-4-3-5-7-12/h3-7,9,17H,1-2H3/b16-9+. The van der Waals surface area contributed by atoms with Crippen molar-refractivity contribution in [1.82, 2.24) is 4.98 Å². The van der Waals surface area contributed by atoms with E-state index < -0.39 is 0 Å². The summed E-state index contributed by atoms with van der Waals surface area (Å²) < 4.78 is 0. The molecule has 3 nitrogen and oxygen atoms in total. The fourth-order valence-corrected chi connectivity index (χ4v) is 1.61. The molecular formula is C14H13N3. The number of aromatic amines is 1. The van der Waals surface area contributed by atoms with E-state index in [0.29, 0.717) is 11.4 Å². The first-order valence-electron chi connectivity index (χ1n) is 5.40. The van der Waals surface area contributed by atoms with E-state index in [1.165, 1.54) is 0 Å². The Morgan fingerprint density at radius 3 is 2.59 bits per heavy atom. The minimum absolute atomic E-state index is 0.620. The van der Waals surface area contributed by atoms with Crippen molar-refractivity contribution in [2.45, 2.75) is 13.8 Å². The predicted molar refractivity (Wildman–Crippen MR) is 68.7 cm³/mol. The second-order valence-electron chi connectivity index (χ2n) is 3.88. The van der Waals surface area contributed by atoms with Gasteiger partial charge in [0.1, 0.15) is 11.9 Å². The number of nitrogens with one attached hydrogen (secondary N) is 1. The third-order valence-electron chi connectivity index (χ3n) is 2.73. The highest BCUT2D eigenvalue weighted by Gasteiger charge is 2.09. The molecule has 0 aliphatic heterocycles. The number of nitriles is 1. The summed E-state index contributed by atoms with van der Waals surface area (Å²) in [6, 6.07) is 12.0. The molecule has 1 heterocycles. The molecule has 0 amide bonds. The van der Waals surface area contributed by atoms with Gasteiger partial charge in [0.2, 0.25) is 0 Å². The quantitative estimate of drug-likeness (QED) is 0.780. The van der Waals surface area contributed by atoms with Crippen molar-refractivity contribution in [2.24, 2.45) is 4.99 Å². The number of hydrogen-bond acceptors (Lipinski definition) is 2. The maximum Gasteiger partial charge on any atom is 0.148 e. The number of benzene rings is 1. The van der Waals surface area contributed by atoms with Gasteiger partial charge in [0, 0.05) is 11.9 Å². The van der Waals surface area contributed by atoms with Crippen LogP contribution < -0.4 is 0 Å². The van der Waals surface area contributed by atoms with Crippen LogP contribution in [0.15, 0.2) is 35.3 Å². The van der Waals surface area contributed by atoms with Gasteiger partial charge in [-0.2, -0.15) is 5.26 Å². The highest BCUT2D eigenvalue weighted by atomic mass is 14.9. The number of nitrogens with zero attached hydrogens (tertiary/aromatic N) is 2. The average Bonchev–Trinajstić information content (AvgIpc) is 2.63. The van der Waals surface area contributed by atoms with Crippen LogP contribution in [0, 0.1) is 25.2 Å². The van der Waals surface area contributed by atoms with Gasteiger partial charge in [-0.1, -0.05) is 30.3 Å². The minimum Gasteiger partial charge on any atom is -0.343 e. The third kappa shape index (κ3) is 2.26. The van der Waals surface area contributed by atoms with Crippen LogP contribution in [0.25, 0.3) is 0 Å². The molecule has 1 N–H and O–H groups in total. The van der Waals surface area contributed by atoms with Gasteiger partial charge in [-0.05, 0) is 25.0 Å². The van der Waals surface area contributed by atoms with E-state index in [1.54, 1.807) is 6.21 Å². The van der Waals surface area contributed by atoms with Crippen molar-refractivity contribution in [2.75, 3.05) is 0 Å². The number of rotatable bonds is 2. The highest BCUT2D eigenvalue weighted by molar-refractivity contribution is 5.82. The van der Waals surface area contributed by atoms with Gasteiger partial charge >= 0.3 is 0 Å². The van der Waals surface area contributed by atoms with Crippen LogP contribution in [-0.4, -0.2) is 11.2 Å². The van der Waals surface area contributed by atoms with E-state index >= 15 is 0 Å². The molecule has 0 atom stereocenters. The molecule has 84 valence electrons. The molecule has 0 fully saturated rings. The van der Waals surface area contributed by atoms with Crippen LogP contribution in [0.2, 0.25) is 0 Å². The number of H-pyrrole nitrogens is 1. The summed E-state index contributed by atoms with van der Waals surface area (Å²) in [5.74, 6) is 0.631. The topological polar surface area (TPSA) is 51.9 Å². The zero-order valence-electron chi connectivity index (χ0n) is 9.86. The zero-order chi connectivity index (χ0) is 12.3. The molecule has 0 saturated carbocycles. The first kappa shape index (κ1) is 11.2. The molecule has 3 heteroatoms. The molecule has 0 radical (unpaired) electrons. The molecule has 0 aliphatic carbocycles. The van der Waals surface area contributed by atoms with E-state index in [1.807, 2.05) is 44.2 Å². The minimum atomic E-state index is 0.620. The van der Waals surface area contributed by atoms with Gasteiger partial charge in [-0.25, -0.2) is 4.99 Å². The van der Waals surface area contributed by atoms with Crippen LogP contribution in [-0.2, 0) is 0 Å². The Bertz CT molecular complexity index is 586. The molecular weight excluding hydrogens is 210 g/mol. The lowest BCUT2D eigenvalue weighted by Crippen LogP contribution is -1.79. The maximum atomic E-state index is 9.07. The van der Waals surface area contributed by atoms with Crippen molar-refractivity contribution < 1.29 is 0 Å². The van der Waals surface area contributed by atoms with Crippen LogP contribution in [0.3, 0.4) is 0 Å². The molecule has 0 saturated heterocycles. The first-order valence-corrected chi connectivity index (χ1v) is 5.40. The van der Waals surface area contributed by atoms with Crippen molar-refractivity contribution in [3.8, 4) is 6.07 Å². The van der Waals surface area contributed by atoms with Gasteiger partial charge in [0.25, 0.3) is 0 Å². The highest BCUT2D eigenvalue weighted by Crippen LogP contribution is 2.23. The summed E-state index contributed by atoms with van der Waals surface area (Å²) >= 11 is 0. The average molecular weight is 223 g/mol. The zero-order valence-corrected chi connectivity index (χ0v) is 9.86. The molecule has 0 bridgehead atoms. The molecule has 0 aliphatic rings. The van der Waals surface area contributed by atoms with Crippen molar-refractivity contribution in [3.05, 3.63) is 52.7 Å². The van der Waals surface area contributed by atoms with Gasteiger partial charge in [-0.15, -0.1) is 0 Å². The second kappa shape index (κ2) is 4.67. The molecule has 17 heavy (non-hydrogen) atoms. The predicted octanol–water partition coefficient (Wildman–Crippen LogP) is 3.25. The number of hydrogen-bond donors (Lipinski definition) is 1. The van der Waals surface area contributed by atoms with Gasteiger partial charge in [0.15, 0.2) is 0 Å². The number of aliphatic imine (C=N–C) groups is 1. The second-order valence-corrected chi connectivity index (χ2v) is 3.88. The molecule has 0 spiro atoms. The van der Waals surface area contributed by atoms with E-state index in [4.69, 9.17) is 5.26 Å². The smallest absolute Gasteiger partial charge is 0.148 e. The lowest BCUT2D eigenvalue weighted by atomic mass is 10.2. The first-order chi connectivity index (χ1) is 8.22. The lowest BCUT2D eigenvalue weighted by Gasteiger charge is -1.91. The summed E-state index contributed by atoms with van der Waals surface area (Å²) in [6.07, 6.45) is 1.76. The Hall–Kier alpha value is -2.34. The van der Waals surface area contributed by atoms with E-state index in [9.17, 15) is 0 Å². The maximum absolute atomic E-state index is 9.07. The van der Waals surface area contributed by atoms with Crippen LogP contribution in [0.4, 0.5) is 5.82 Å². The van der Waals surface area contributed by atoms with Crippen LogP contribution in [0.5, 0.6) is 0 Å².